The maximum atomic E-state index is 12.9. The minimum Gasteiger partial charge on any atom is -0.465 e. The molecule has 0 aliphatic rings. The second-order valence-corrected chi connectivity index (χ2v) is 6.00. The molecule has 0 bridgehead atoms. The van der Waals surface area contributed by atoms with Crippen molar-refractivity contribution >= 4 is 17.7 Å². The summed E-state index contributed by atoms with van der Waals surface area (Å²) in [6.07, 6.45) is -3.78. The highest BCUT2D eigenvalue weighted by Crippen LogP contribution is 2.28. The molecular formula is C18H23F3N2O6. The zero-order valence-electron chi connectivity index (χ0n) is 16.7. The molecule has 0 saturated heterocycles. The molecule has 0 spiro atoms. The molecule has 1 atom stereocenters. The van der Waals surface area contributed by atoms with Gasteiger partial charge in [-0.05, 0) is 31.6 Å². The van der Waals surface area contributed by atoms with Gasteiger partial charge in [-0.15, -0.1) is 0 Å². The Balaban J connectivity index is 3.16. The Kier molecular flexibility index (Phi) is 8.59. The van der Waals surface area contributed by atoms with Gasteiger partial charge in [0.25, 0.3) is 5.78 Å². The van der Waals surface area contributed by atoms with E-state index >= 15 is 0 Å². The van der Waals surface area contributed by atoms with Crippen LogP contribution < -0.4 is 5.32 Å². The number of Topliss-reactive ketones (excluding diaryl/α,β-unsaturated/α-hetero) is 1. The summed E-state index contributed by atoms with van der Waals surface area (Å²) in [5.41, 5.74) is -0.0298. The Morgan fingerprint density at radius 1 is 1.17 bits per heavy atom. The standard InChI is InChI=1S/C18H23F3N2O6/c1-10-8-13(15(24)18(19,20)21)23(9-27-3)14(10)11(2)22-7-6-12(16(25)28-4)17(26)29-5/h6,8,11,22H,7,9H2,1-5H3. The van der Waals surface area contributed by atoms with Crippen LogP contribution in [0.25, 0.3) is 0 Å². The third-order valence-corrected chi connectivity index (χ3v) is 4.04. The van der Waals surface area contributed by atoms with Crippen LogP contribution in [0.1, 0.15) is 34.7 Å². The topological polar surface area (TPSA) is 95.9 Å². The van der Waals surface area contributed by atoms with Crippen molar-refractivity contribution in [3.05, 3.63) is 34.7 Å². The molecule has 1 N–H and O–H groups in total. The molecule has 0 aliphatic heterocycles. The molecule has 0 fully saturated rings. The summed E-state index contributed by atoms with van der Waals surface area (Å²) in [7, 11) is 3.51. The van der Waals surface area contributed by atoms with Gasteiger partial charge < -0.3 is 24.1 Å². The summed E-state index contributed by atoms with van der Waals surface area (Å²) in [4.78, 5) is 35.0. The van der Waals surface area contributed by atoms with E-state index < -0.39 is 35.6 Å². The van der Waals surface area contributed by atoms with Crippen LogP contribution in [-0.4, -0.2) is 56.3 Å². The minimum atomic E-state index is -5.02. The van der Waals surface area contributed by atoms with Crippen LogP contribution in [0.2, 0.25) is 0 Å². The van der Waals surface area contributed by atoms with Crippen molar-refractivity contribution in [1.82, 2.24) is 9.88 Å². The lowest BCUT2D eigenvalue weighted by Gasteiger charge is -2.19. The fourth-order valence-electron chi connectivity index (χ4n) is 2.78. The van der Waals surface area contributed by atoms with Gasteiger partial charge in [-0.25, -0.2) is 9.59 Å². The molecule has 1 unspecified atom stereocenters. The third kappa shape index (κ3) is 5.91. The second-order valence-electron chi connectivity index (χ2n) is 6.00. The van der Waals surface area contributed by atoms with Crippen molar-refractivity contribution in [2.75, 3.05) is 27.9 Å². The van der Waals surface area contributed by atoms with Gasteiger partial charge in [0.05, 0.1) is 19.9 Å². The van der Waals surface area contributed by atoms with Crippen molar-refractivity contribution in [2.45, 2.75) is 32.8 Å². The van der Waals surface area contributed by atoms with E-state index in [4.69, 9.17) is 4.74 Å². The molecular weight excluding hydrogens is 397 g/mol. The number of rotatable bonds is 9. The molecule has 0 saturated carbocycles. The highest BCUT2D eigenvalue weighted by molar-refractivity contribution is 6.13. The van der Waals surface area contributed by atoms with E-state index in [1.165, 1.54) is 13.2 Å². The van der Waals surface area contributed by atoms with E-state index in [0.717, 1.165) is 24.9 Å². The van der Waals surface area contributed by atoms with E-state index in [-0.39, 0.29) is 18.8 Å². The Morgan fingerprint density at radius 2 is 1.72 bits per heavy atom. The van der Waals surface area contributed by atoms with Crippen molar-refractivity contribution in [3.8, 4) is 0 Å². The van der Waals surface area contributed by atoms with Crippen LogP contribution in [0, 0.1) is 6.92 Å². The minimum absolute atomic E-state index is 0.000846. The van der Waals surface area contributed by atoms with Crippen LogP contribution in [0.3, 0.4) is 0 Å². The summed E-state index contributed by atoms with van der Waals surface area (Å²) >= 11 is 0. The zero-order chi connectivity index (χ0) is 22.4. The third-order valence-electron chi connectivity index (χ3n) is 4.04. The van der Waals surface area contributed by atoms with E-state index in [1.807, 2.05) is 0 Å². The van der Waals surface area contributed by atoms with Crippen LogP contribution in [-0.2, 0) is 30.5 Å². The molecule has 0 radical (unpaired) electrons. The van der Waals surface area contributed by atoms with Crippen LogP contribution in [0.4, 0.5) is 13.2 Å². The predicted octanol–water partition coefficient (Wildman–Crippen LogP) is 2.07. The number of carbonyl (C=O) groups excluding carboxylic acids is 3. The number of ether oxygens (including phenoxy) is 3. The quantitative estimate of drug-likeness (QED) is 0.215. The lowest BCUT2D eigenvalue weighted by Crippen LogP contribution is -2.28. The van der Waals surface area contributed by atoms with Gasteiger partial charge in [-0.3, -0.25) is 4.79 Å². The molecule has 0 aromatic carbocycles. The number of nitrogens with one attached hydrogen (secondary N) is 1. The number of nitrogens with zero attached hydrogens (tertiary/aromatic N) is 1. The number of alkyl halides is 3. The summed E-state index contributed by atoms with van der Waals surface area (Å²) in [6, 6.07) is 0.597. The first-order valence-electron chi connectivity index (χ1n) is 8.40. The maximum absolute atomic E-state index is 12.9. The molecule has 162 valence electrons. The molecule has 11 heteroatoms. The fourth-order valence-corrected chi connectivity index (χ4v) is 2.78. The number of hydrogen-bond donors (Lipinski definition) is 1. The Hall–Kier alpha value is -2.66. The maximum Gasteiger partial charge on any atom is 0.456 e. The molecule has 1 aromatic rings. The zero-order valence-corrected chi connectivity index (χ0v) is 16.7. The summed E-state index contributed by atoms with van der Waals surface area (Å²) in [6.45, 7) is 2.95. The van der Waals surface area contributed by atoms with Crippen molar-refractivity contribution in [2.24, 2.45) is 0 Å². The van der Waals surface area contributed by atoms with Gasteiger partial charge in [0, 0.05) is 25.4 Å². The monoisotopic (exact) mass is 420 g/mol. The summed E-state index contributed by atoms with van der Waals surface area (Å²) < 4.78 is 53.8. The summed E-state index contributed by atoms with van der Waals surface area (Å²) in [5.74, 6) is -3.75. The smallest absolute Gasteiger partial charge is 0.456 e. The average molecular weight is 420 g/mol. The van der Waals surface area contributed by atoms with Gasteiger partial charge in [0.15, 0.2) is 0 Å². The van der Waals surface area contributed by atoms with E-state index in [0.29, 0.717) is 11.3 Å². The summed E-state index contributed by atoms with van der Waals surface area (Å²) in [5, 5.41) is 2.96. The van der Waals surface area contributed by atoms with Gasteiger partial charge in [0.1, 0.15) is 12.3 Å². The van der Waals surface area contributed by atoms with Gasteiger partial charge in [-0.2, -0.15) is 13.2 Å². The normalized spacial score (nSPS) is 12.3. The number of aromatic nitrogens is 1. The van der Waals surface area contributed by atoms with Crippen molar-refractivity contribution < 1.29 is 41.8 Å². The first kappa shape index (κ1) is 24.4. The number of carbonyl (C=O) groups is 3. The molecule has 1 aromatic heterocycles. The van der Waals surface area contributed by atoms with Crippen LogP contribution in [0.15, 0.2) is 17.7 Å². The average Bonchev–Trinajstić information content (AvgIpc) is 2.98. The van der Waals surface area contributed by atoms with Gasteiger partial charge in [0.2, 0.25) is 0 Å². The molecule has 29 heavy (non-hydrogen) atoms. The lowest BCUT2D eigenvalue weighted by molar-refractivity contribution is -0.144. The number of esters is 2. The predicted molar refractivity (Wildman–Crippen MR) is 95.1 cm³/mol. The first-order chi connectivity index (χ1) is 13.5. The Labute approximate surface area is 165 Å². The van der Waals surface area contributed by atoms with Gasteiger partial charge >= 0.3 is 18.1 Å². The number of methoxy groups -OCH3 is 3. The number of ketones is 1. The SMILES string of the molecule is COCn1c(C(=O)C(F)(F)F)cc(C)c1C(C)NCC=C(C(=O)OC)C(=O)OC. The van der Waals surface area contributed by atoms with E-state index in [1.54, 1.807) is 13.8 Å². The van der Waals surface area contributed by atoms with Crippen LogP contribution in [0.5, 0.6) is 0 Å². The molecule has 8 nitrogen and oxygen atoms in total. The lowest BCUT2D eigenvalue weighted by atomic mass is 10.1. The second kappa shape index (κ2) is 10.2. The number of hydrogen-bond acceptors (Lipinski definition) is 7. The Morgan fingerprint density at radius 3 is 2.17 bits per heavy atom. The molecule has 0 aliphatic carbocycles. The highest BCUT2D eigenvalue weighted by atomic mass is 19.4. The van der Waals surface area contributed by atoms with Crippen molar-refractivity contribution in [1.29, 1.82) is 0 Å². The van der Waals surface area contributed by atoms with E-state index in [2.05, 4.69) is 14.8 Å². The Bertz CT molecular complexity index is 780. The van der Waals surface area contributed by atoms with Crippen molar-refractivity contribution in [3.63, 3.8) is 0 Å². The van der Waals surface area contributed by atoms with E-state index in [9.17, 15) is 27.6 Å². The number of aryl methyl sites for hydroxylation is 1. The molecule has 0 amide bonds. The highest BCUT2D eigenvalue weighted by Gasteiger charge is 2.42. The fraction of sp³-hybridized carbons (Fsp3) is 0.500. The van der Waals surface area contributed by atoms with Crippen LogP contribution >= 0.6 is 0 Å². The van der Waals surface area contributed by atoms with Gasteiger partial charge in [-0.1, -0.05) is 0 Å². The molecule has 1 heterocycles. The number of halogens is 3. The first-order valence-corrected chi connectivity index (χ1v) is 8.40. The largest absolute Gasteiger partial charge is 0.465 e. The molecule has 1 rings (SSSR count).